The van der Waals surface area contributed by atoms with Crippen molar-refractivity contribution in [2.45, 2.75) is 32.7 Å². The zero-order valence-electron chi connectivity index (χ0n) is 11.2. The van der Waals surface area contributed by atoms with Crippen LogP contribution in [-0.4, -0.2) is 23.0 Å². The van der Waals surface area contributed by atoms with Gasteiger partial charge < -0.3 is 16.2 Å². The second-order valence-corrected chi connectivity index (χ2v) is 4.69. The lowest BCUT2D eigenvalue weighted by atomic mass is 9.99. The highest BCUT2D eigenvalue weighted by Crippen LogP contribution is 2.09. The van der Waals surface area contributed by atoms with Crippen molar-refractivity contribution in [1.29, 1.82) is 0 Å². The van der Waals surface area contributed by atoms with Crippen molar-refractivity contribution < 1.29 is 14.7 Å². The summed E-state index contributed by atoms with van der Waals surface area (Å²) in [5.41, 5.74) is 6.99. The van der Waals surface area contributed by atoms with E-state index in [4.69, 9.17) is 10.8 Å². The largest absolute Gasteiger partial charge is 0.480 e. The lowest BCUT2D eigenvalue weighted by Crippen LogP contribution is -2.45. The van der Waals surface area contributed by atoms with E-state index >= 15 is 0 Å². The van der Waals surface area contributed by atoms with Gasteiger partial charge in [-0.3, -0.25) is 4.79 Å². The van der Waals surface area contributed by atoms with Gasteiger partial charge in [0.25, 0.3) is 0 Å². The summed E-state index contributed by atoms with van der Waals surface area (Å²) in [5.74, 6) is -1.40. The molecule has 0 heterocycles. The Morgan fingerprint density at radius 2 is 1.89 bits per heavy atom. The number of amides is 1. The molecule has 1 aromatic carbocycles. The first kappa shape index (κ1) is 15.0. The minimum Gasteiger partial charge on any atom is -0.480 e. The van der Waals surface area contributed by atoms with Gasteiger partial charge in [-0.2, -0.15) is 0 Å². The quantitative estimate of drug-likeness (QED) is 0.678. The Bertz CT molecular complexity index is 443. The molecule has 5 heteroatoms. The fourth-order valence-electron chi connectivity index (χ4n) is 1.73. The van der Waals surface area contributed by atoms with E-state index < -0.39 is 12.0 Å². The lowest BCUT2D eigenvalue weighted by molar-refractivity contribution is -0.143. The Morgan fingerprint density at radius 1 is 1.32 bits per heavy atom. The molecule has 0 aliphatic carbocycles. The number of anilines is 1. The number of hydrogen-bond donors (Lipinski definition) is 3. The molecular formula is C14H20N2O3. The highest BCUT2D eigenvalue weighted by molar-refractivity contribution is 5.85. The summed E-state index contributed by atoms with van der Waals surface area (Å²) >= 11 is 0. The molecule has 1 amide bonds. The molecule has 19 heavy (non-hydrogen) atoms. The number of rotatable bonds is 6. The van der Waals surface area contributed by atoms with Gasteiger partial charge in [-0.1, -0.05) is 32.4 Å². The molecule has 2 atom stereocenters. The van der Waals surface area contributed by atoms with Crippen LogP contribution in [0.2, 0.25) is 0 Å². The van der Waals surface area contributed by atoms with Gasteiger partial charge in [-0.15, -0.1) is 0 Å². The highest BCUT2D eigenvalue weighted by Gasteiger charge is 2.25. The summed E-state index contributed by atoms with van der Waals surface area (Å²) in [4.78, 5) is 22.9. The number of hydrogen-bond acceptors (Lipinski definition) is 3. The van der Waals surface area contributed by atoms with Crippen LogP contribution < -0.4 is 11.1 Å². The van der Waals surface area contributed by atoms with Crippen LogP contribution in [0.5, 0.6) is 0 Å². The third-order valence-corrected chi connectivity index (χ3v) is 3.14. The third kappa shape index (κ3) is 4.62. The van der Waals surface area contributed by atoms with Crippen LogP contribution in [0.1, 0.15) is 25.8 Å². The van der Waals surface area contributed by atoms with Crippen molar-refractivity contribution in [2.24, 2.45) is 5.92 Å². The minimum absolute atomic E-state index is 0.104. The summed E-state index contributed by atoms with van der Waals surface area (Å²) in [6.45, 7) is 3.70. The summed E-state index contributed by atoms with van der Waals surface area (Å²) in [5, 5.41) is 11.7. The lowest BCUT2D eigenvalue weighted by Gasteiger charge is -2.20. The zero-order valence-corrected chi connectivity index (χ0v) is 11.2. The third-order valence-electron chi connectivity index (χ3n) is 3.14. The SMILES string of the molecule is CCC(C)C(NC(=O)Cc1ccc(N)cc1)C(=O)O. The molecule has 2 unspecified atom stereocenters. The van der Waals surface area contributed by atoms with Crippen molar-refractivity contribution in [3.05, 3.63) is 29.8 Å². The van der Waals surface area contributed by atoms with E-state index in [1.165, 1.54) is 0 Å². The molecule has 0 bridgehead atoms. The number of carboxylic acids is 1. The summed E-state index contributed by atoms with van der Waals surface area (Å²) in [7, 11) is 0. The van der Waals surface area contributed by atoms with Gasteiger partial charge in [0.2, 0.25) is 5.91 Å². The van der Waals surface area contributed by atoms with Crippen LogP contribution in [-0.2, 0) is 16.0 Å². The first-order valence-corrected chi connectivity index (χ1v) is 6.30. The average Bonchev–Trinajstić information content (AvgIpc) is 2.37. The topological polar surface area (TPSA) is 92.4 Å². The van der Waals surface area contributed by atoms with Crippen LogP contribution in [0.4, 0.5) is 5.69 Å². The zero-order chi connectivity index (χ0) is 14.4. The van der Waals surface area contributed by atoms with Gasteiger partial charge in [-0.25, -0.2) is 4.79 Å². The maximum Gasteiger partial charge on any atom is 0.326 e. The number of benzene rings is 1. The Balaban J connectivity index is 2.62. The standard InChI is InChI=1S/C14H20N2O3/c1-3-9(2)13(14(18)19)16-12(17)8-10-4-6-11(15)7-5-10/h4-7,9,13H,3,8,15H2,1-2H3,(H,16,17)(H,18,19). The number of nitrogens with one attached hydrogen (secondary N) is 1. The van der Waals surface area contributed by atoms with Gasteiger partial charge in [0.1, 0.15) is 6.04 Å². The Labute approximate surface area is 112 Å². The van der Waals surface area contributed by atoms with E-state index in [9.17, 15) is 9.59 Å². The molecule has 0 aliphatic rings. The van der Waals surface area contributed by atoms with Crippen LogP contribution in [0.25, 0.3) is 0 Å². The molecule has 0 aromatic heterocycles. The second-order valence-electron chi connectivity index (χ2n) is 4.69. The summed E-state index contributed by atoms with van der Waals surface area (Å²) in [6.07, 6.45) is 0.847. The van der Waals surface area contributed by atoms with E-state index in [0.717, 1.165) is 5.56 Å². The molecule has 0 saturated carbocycles. The van der Waals surface area contributed by atoms with E-state index in [2.05, 4.69) is 5.32 Å². The van der Waals surface area contributed by atoms with E-state index in [-0.39, 0.29) is 18.2 Å². The maximum absolute atomic E-state index is 11.8. The van der Waals surface area contributed by atoms with Crippen molar-refractivity contribution in [2.75, 3.05) is 5.73 Å². The van der Waals surface area contributed by atoms with Crippen LogP contribution in [0, 0.1) is 5.92 Å². The normalized spacial score (nSPS) is 13.6. The van der Waals surface area contributed by atoms with Gasteiger partial charge in [-0.05, 0) is 23.6 Å². The highest BCUT2D eigenvalue weighted by atomic mass is 16.4. The van der Waals surface area contributed by atoms with Crippen molar-refractivity contribution in [3.8, 4) is 0 Å². The predicted molar refractivity (Wildman–Crippen MR) is 73.6 cm³/mol. The molecule has 0 fully saturated rings. The van der Waals surface area contributed by atoms with E-state index in [0.29, 0.717) is 12.1 Å². The fourth-order valence-corrected chi connectivity index (χ4v) is 1.73. The number of nitrogens with two attached hydrogens (primary N) is 1. The Hall–Kier alpha value is -2.04. The minimum atomic E-state index is -1.000. The fraction of sp³-hybridized carbons (Fsp3) is 0.429. The molecule has 1 rings (SSSR count). The molecule has 1 aromatic rings. The Kier molecular flexibility index (Phi) is 5.36. The van der Waals surface area contributed by atoms with Gasteiger partial charge in [0, 0.05) is 5.69 Å². The number of carbonyl (C=O) groups excluding carboxylic acids is 1. The molecular weight excluding hydrogens is 244 g/mol. The first-order chi connectivity index (χ1) is 8.93. The van der Waals surface area contributed by atoms with Crippen LogP contribution in [0.3, 0.4) is 0 Å². The second kappa shape index (κ2) is 6.78. The molecule has 0 saturated heterocycles. The van der Waals surface area contributed by atoms with E-state index in [1.807, 2.05) is 13.8 Å². The number of aliphatic carboxylic acids is 1. The van der Waals surface area contributed by atoms with Crippen molar-refractivity contribution in [3.63, 3.8) is 0 Å². The maximum atomic E-state index is 11.8. The number of carboxylic acid groups (broad SMARTS) is 1. The molecule has 0 spiro atoms. The smallest absolute Gasteiger partial charge is 0.326 e. The first-order valence-electron chi connectivity index (χ1n) is 6.30. The van der Waals surface area contributed by atoms with Gasteiger partial charge >= 0.3 is 5.97 Å². The van der Waals surface area contributed by atoms with E-state index in [1.54, 1.807) is 24.3 Å². The molecule has 5 nitrogen and oxygen atoms in total. The molecule has 4 N–H and O–H groups in total. The molecule has 0 radical (unpaired) electrons. The van der Waals surface area contributed by atoms with Gasteiger partial charge in [0.05, 0.1) is 6.42 Å². The van der Waals surface area contributed by atoms with Crippen LogP contribution >= 0.6 is 0 Å². The summed E-state index contributed by atoms with van der Waals surface area (Å²) in [6, 6.07) is 6.10. The number of carbonyl (C=O) groups is 2. The average molecular weight is 264 g/mol. The van der Waals surface area contributed by atoms with Crippen molar-refractivity contribution >= 4 is 17.6 Å². The number of nitrogen functional groups attached to an aromatic ring is 1. The predicted octanol–water partition coefficient (Wildman–Crippen LogP) is 1.43. The summed E-state index contributed by atoms with van der Waals surface area (Å²) < 4.78 is 0. The molecule has 0 aliphatic heterocycles. The van der Waals surface area contributed by atoms with Crippen molar-refractivity contribution in [1.82, 2.24) is 5.32 Å². The van der Waals surface area contributed by atoms with Gasteiger partial charge in [0.15, 0.2) is 0 Å². The Morgan fingerprint density at radius 3 is 2.37 bits per heavy atom. The molecule has 104 valence electrons. The monoisotopic (exact) mass is 264 g/mol. The van der Waals surface area contributed by atoms with Crippen LogP contribution in [0.15, 0.2) is 24.3 Å².